The molecule has 0 saturated heterocycles. The molecule has 0 radical (unpaired) electrons. The predicted molar refractivity (Wildman–Crippen MR) is 74.6 cm³/mol. The number of amides is 1. The summed E-state index contributed by atoms with van der Waals surface area (Å²) in [6.07, 6.45) is 0.874. The number of halogens is 2. The van der Waals surface area contributed by atoms with Gasteiger partial charge in [-0.15, -0.1) is 0 Å². The van der Waals surface area contributed by atoms with Crippen molar-refractivity contribution in [1.29, 1.82) is 0 Å². The predicted octanol–water partition coefficient (Wildman–Crippen LogP) is 1.91. The van der Waals surface area contributed by atoms with E-state index in [4.69, 9.17) is 4.74 Å². The van der Waals surface area contributed by atoms with E-state index >= 15 is 0 Å². The summed E-state index contributed by atoms with van der Waals surface area (Å²) in [5.41, 5.74) is 0.717. The number of nitrogens with one attached hydrogen (secondary N) is 2. The fourth-order valence-corrected chi connectivity index (χ4v) is 1.67. The topological polar surface area (TPSA) is 59.6 Å². The van der Waals surface area contributed by atoms with Crippen molar-refractivity contribution in [3.63, 3.8) is 0 Å². The van der Waals surface area contributed by atoms with E-state index in [1.54, 1.807) is 12.1 Å². The van der Waals surface area contributed by atoms with E-state index in [9.17, 15) is 13.6 Å². The first-order chi connectivity index (χ1) is 10.1. The van der Waals surface area contributed by atoms with Gasteiger partial charge in [-0.2, -0.15) is 8.78 Å². The Kier molecular flexibility index (Phi) is 7.45. The Balaban J connectivity index is 2.53. The fourth-order valence-electron chi connectivity index (χ4n) is 1.67. The van der Waals surface area contributed by atoms with Crippen molar-refractivity contribution in [3.05, 3.63) is 23.8 Å². The summed E-state index contributed by atoms with van der Waals surface area (Å²) in [7, 11) is 1.38. The molecule has 7 heteroatoms. The second-order valence-corrected chi connectivity index (χ2v) is 4.32. The molecule has 0 aliphatic rings. The van der Waals surface area contributed by atoms with E-state index in [1.165, 1.54) is 13.2 Å². The van der Waals surface area contributed by atoms with Gasteiger partial charge in [-0.25, -0.2) is 0 Å². The van der Waals surface area contributed by atoms with Crippen molar-refractivity contribution in [1.82, 2.24) is 10.6 Å². The molecule has 0 aromatic heterocycles. The van der Waals surface area contributed by atoms with Crippen LogP contribution >= 0.6 is 0 Å². The lowest BCUT2D eigenvalue weighted by atomic mass is 10.2. The quantitative estimate of drug-likeness (QED) is 0.731. The molecular weight excluding hydrogens is 282 g/mol. The zero-order valence-electron chi connectivity index (χ0n) is 12.1. The first kappa shape index (κ1) is 17.2. The molecule has 0 bridgehead atoms. The summed E-state index contributed by atoms with van der Waals surface area (Å²) >= 11 is 0. The van der Waals surface area contributed by atoms with Crippen LogP contribution in [0, 0.1) is 0 Å². The van der Waals surface area contributed by atoms with Gasteiger partial charge in [-0.05, 0) is 24.1 Å². The van der Waals surface area contributed by atoms with Crippen molar-refractivity contribution < 1.29 is 23.0 Å². The van der Waals surface area contributed by atoms with Crippen molar-refractivity contribution >= 4 is 5.91 Å². The Bertz CT molecular complexity index is 456. The minimum atomic E-state index is -2.91. The van der Waals surface area contributed by atoms with Crippen LogP contribution in [-0.4, -0.2) is 32.7 Å². The summed E-state index contributed by atoms with van der Waals surface area (Å²) in [5, 5.41) is 5.66. The van der Waals surface area contributed by atoms with Crippen LogP contribution in [0.1, 0.15) is 18.9 Å². The first-order valence-corrected chi connectivity index (χ1v) is 6.66. The summed E-state index contributed by atoms with van der Waals surface area (Å²) in [5.74, 6) is 0.108. The van der Waals surface area contributed by atoms with Crippen LogP contribution in [0.4, 0.5) is 8.78 Å². The van der Waals surface area contributed by atoms with E-state index in [1.807, 2.05) is 6.92 Å². The van der Waals surface area contributed by atoms with Gasteiger partial charge in [-0.3, -0.25) is 4.79 Å². The molecule has 0 saturated carbocycles. The summed E-state index contributed by atoms with van der Waals surface area (Å²) < 4.78 is 33.9. The standard InChI is InChI=1S/C14H20F2N2O3/c1-3-6-18-13(19)9-17-8-10-4-5-11(20-2)12(7-10)21-14(15)16/h4-5,7,14,17H,3,6,8-9H2,1-2H3,(H,18,19). The third-order valence-electron chi connectivity index (χ3n) is 2.63. The van der Waals surface area contributed by atoms with Gasteiger partial charge >= 0.3 is 6.61 Å². The smallest absolute Gasteiger partial charge is 0.387 e. The van der Waals surface area contributed by atoms with Crippen LogP contribution in [0.25, 0.3) is 0 Å². The highest BCUT2D eigenvalue weighted by Gasteiger charge is 2.11. The molecule has 2 N–H and O–H groups in total. The Morgan fingerprint density at radius 3 is 2.71 bits per heavy atom. The molecule has 1 aromatic rings. The average molecular weight is 302 g/mol. The maximum atomic E-state index is 12.3. The molecule has 0 unspecified atom stereocenters. The highest BCUT2D eigenvalue weighted by atomic mass is 19.3. The lowest BCUT2D eigenvalue weighted by Gasteiger charge is -2.12. The monoisotopic (exact) mass is 302 g/mol. The summed E-state index contributed by atoms with van der Waals surface area (Å²) in [6.45, 7) is 0.215. The van der Waals surface area contributed by atoms with E-state index < -0.39 is 6.61 Å². The van der Waals surface area contributed by atoms with Gasteiger partial charge in [0.1, 0.15) is 0 Å². The van der Waals surface area contributed by atoms with Crippen LogP contribution in [0.3, 0.4) is 0 Å². The van der Waals surface area contributed by atoms with Crippen LogP contribution in [0.5, 0.6) is 11.5 Å². The molecule has 21 heavy (non-hydrogen) atoms. The molecular formula is C14H20F2N2O3. The molecule has 1 aromatic carbocycles. The lowest BCUT2D eigenvalue weighted by molar-refractivity contribution is -0.120. The largest absolute Gasteiger partial charge is 0.493 e. The lowest BCUT2D eigenvalue weighted by Crippen LogP contribution is -2.33. The maximum absolute atomic E-state index is 12.3. The number of rotatable bonds is 9. The molecule has 0 aliphatic carbocycles. The molecule has 0 heterocycles. The highest BCUT2D eigenvalue weighted by molar-refractivity contribution is 5.77. The normalized spacial score (nSPS) is 10.5. The van der Waals surface area contributed by atoms with E-state index in [-0.39, 0.29) is 24.0 Å². The second kappa shape index (κ2) is 9.12. The van der Waals surface area contributed by atoms with Crippen molar-refractivity contribution in [2.75, 3.05) is 20.2 Å². The molecule has 1 rings (SSSR count). The maximum Gasteiger partial charge on any atom is 0.387 e. The number of hydrogen-bond donors (Lipinski definition) is 2. The molecule has 0 spiro atoms. The highest BCUT2D eigenvalue weighted by Crippen LogP contribution is 2.29. The fraction of sp³-hybridized carbons (Fsp3) is 0.500. The van der Waals surface area contributed by atoms with E-state index in [0.717, 1.165) is 12.0 Å². The van der Waals surface area contributed by atoms with Crippen LogP contribution in [0.15, 0.2) is 18.2 Å². The molecule has 118 valence electrons. The summed E-state index contributed by atoms with van der Waals surface area (Å²) in [6, 6.07) is 4.72. The van der Waals surface area contributed by atoms with Gasteiger partial charge < -0.3 is 20.1 Å². The van der Waals surface area contributed by atoms with Gasteiger partial charge in [0.2, 0.25) is 5.91 Å². The minimum Gasteiger partial charge on any atom is -0.493 e. The zero-order valence-corrected chi connectivity index (χ0v) is 12.1. The number of carbonyl (C=O) groups is 1. The van der Waals surface area contributed by atoms with Gasteiger partial charge in [0, 0.05) is 13.1 Å². The minimum absolute atomic E-state index is 0.0257. The SMILES string of the molecule is CCCNC(=O)CNCc1ccc(OC)c(OC(F)F)c1. The molecule has 0 atom stereocenters. The number of carbonyl (C=O) groups excluding carboxylic acids is 1. The third-order valence-corrected chi connectivity index (χ3v) is 2.63. The number of ether oxygens (including phenoxy) is 2. The van der Waals surface area contributed by atoms with Crippen LogP contribution < -0.4 is 20.1 Å². The first-order valence-electron chi connectivity index (χ1n) is 6.66. The molecule has 0 aliphatic heterocycles. The number of alkyl halides is 2. The third kappa shape index (κ3) is 6.40. The zero-order chi connectivity index (χ0) is 15.7. The van der Waals surface area contributed by atoms with Crippen LogP contribution in [0.2, 0.25) is 0 Å². The number of methoxy groups -OCH3 is 1. The van der Waals surface area contributed by atoms with Gasteiger partial charge in [-0.1, -0.05) is 13.0 Å². The Hall–Kier alpha value is -1.89. The second-order valence-electron chi connectivity index (χ2n) is 4.32. The van der Waals surface area contributed by atoms with Crippen LogP contribution in [-0.2, 0) is 11.3 Å². The average Bonchev–Trinajstić information content (AvgIpc) is 2.45. The molecule has 1 amide bonds. The Labute approximate surface area is 122 Å². The van der Waals surface area contributed by atoms with Crippen molar-refractivity contribution in [2.24, 2.45) is 0 Å². The molecule has 0 fully saturated rings. The number of hydrogen-bond acceptors (Lipinski definition) is 4. The molecule has 5 nitrogen and oxygen atoms in total. The summed E-state index contributed by atoms with van der Waals surface area (Å²) in [4.78, 5) is 11.4. The van der Waals surface area contributed by atoms with Gasteiger partial charge in [0.15, 0.2) is 11.5 Å². The van der Waals surface area contributed by atoms with Gasteiger partial charge in [0.05, 0.1) is 13.7 Å². The van der Waals surface area contributed by atoms with E-state index in [2.05, 4.69) is 15.4 Å². The Morgan fingerprint density at radius 1 is 1.33 bits per heavy atom. The van der Waals surface area contributed by atoms with Crippen molar-refractivity contribution in [2.45, 2.75) is 26.5 Å². The Morgan fingerprint density at radius 2 is 2.10 bits per heavy atom. The van der Waals surface area contributed by atoms with E-state index in [0.29, 0.717) is 13.1 Å². The van der Waals surface area contributed by atoms with Gasteiger partial charge in [0.25, 0.3) is 0 Å². The van der Waals surface area contributed by atoms with Crippen molar-refractivity contribution in [3.8, 4) is 11.5 Å². The number of benzene rings is 1.